The van der Waals surface area contributed by atoms with Crippen molar-refractivity contribution >= 4 is 27.8 Å². The number of anilines is 2. The van der Waals surface area contributed by atoms with E-state index in [2.05, 4.69) is 44.7 Å². The quantitative estimate of drug-likeness (QED) is 0.763. The molecule has 1 heterocycles. The van der Waals surface area contributed by atoms with Gasteiger partial charge >= 0.3 is 0 Å². The molecule has 0 spiro atoms. The molecule has 0 aliphatic heterocycles. The van der Waals surface area contributed by atoms with E-state index in [1.807, 2.05) is 0 Å². The molecule has 6 heteroatoms. The lowest BCUT2D eigenvalue weighted by molar-refractivity contribution is 0.614. The van der Waals surface area contributed by atoms with Gasteiger partial charge in [-0.2, -0.15) is 15.0 Å². The topological polar surface area (TPSA) is 90.7 Å². The number of hydrogen-bond donors (Lipinski definition) is 2. The molecule has 1 unspecified atom stereocenters. The highest BCUT2D eigenvalue weighted by molar-refractivity contribution is 9.09. The van der Waals surface area contributed by atoms with E-state index in [1.54, 1.807) is 0 Å². The van der Waals surface area contributed by atoms with Gasteiger partial charge in [0.25, 0.3) is 0 Å². The molecule has 0 aliphatic rings. The van der Waals surface area contributed by atoms with Gasteiger partial charge in [-0.15, -0.1) is 0 Å². The van der Waals surface area contributed by atoms with Crippen LogP contribution >= 0.6 is 15.9 Å². The van der Waals surface area contributed by atoms with Crippen molar-refractivity contribution in [3.63, 3.8) is 0 Å². The van der Waals surface area contributed by atoms with E-state index in [1.165, 1.54) is 0 Å². The van der Waals surface area contributed by atoms with Gasteiger partial charge in [0, 0.05) is 0 Å². The first-order valence-corrected chi connectivity index (χ1v) is 4.83. The molecular formula is C7H12BrN5. The Morgan fingerprint density at radius 2 is 1.54 bits per heavy atom. The Balaban J connectivity index is 3.01. The number of aromatic nitrogens is 3. The molecule has 0 saturated carbocycles. The van der Waals surface area contributed by atoms with Gasteiger partial charge in [-0.25, -0.2) is 0 Å². The second-order valence-corrected chi connectivity index (χ2v) is 4.04. The van der Waals surface area contributed by atoms with Crippen molar-refractivity contribution in [1.29, 1.82) is 0 Å². The smallest absolute Gasteiger partial charge is 0.225 e. The number of alkyl halides is 1. The molecule has 0 radical (unpaired) electrons. The lowest BCUT2D eigenvalue weighted by Crippen LogP contribution is -2.10. The van der Waals surface area contributed by atoms with Gasteiger partial charge in [-0.3, -0.25) is 0 Å². The first kappa shape index (κ1) is 10.2. The number of hydrogen-bond acceptors (Lipinski definition) is 5. The number of nitrogens with two attached hydrogens (primary N) is 2. The summed E-state index contributed by atoms with van der Waals surface area (Å²) in [4.78, 5) is 11.7. The van der Waals surface area contributed by atoms with Crippen LogP contribution in [0.1, 0.15) is 24.5 Å². The number of halogens is 1. The monoisotopic (exact) mass is 245 g/mol. The Morgan fingerprint density at radius 3 is 1.92 bits per heavy atom. The summed E-state index contributed by atoms with van der Waals surface area (Å²) in [6.07, 6.45) is 0. The van der Waals surface area contributed by atoms with Crippen LogP contribution in [0.3, 0.4) is 0 Å². The van der Waals surface area contributed by atoms with Crippen LogP contribution in [-0.4, -0.2) is 15.0 Å². The molecule has 0 aliphatic carbocycles. The Kier molecular flexibility index (Phi) is 3.02. The van der Waals surface area contributed by atoms with E-state index >= 15 is 0 Å². The molecule has 4 N–H and O–H groups in total. The first-order valence-electron chi connectivity index (χ1n) is 3.91. The molecule has 0 amide bonds. The molecule has 5 nitrogen and oxygen atoms in total. The maximum atomic E-state index is 5.43. The zero-order valence-electron chi connectivity index (χ0n) is 7.53. The van der Waals surface area contributed by atoms with Gasteiger partial charge in [-0.05, 0) is 5.92 Å². The van der Waals surface area contributed by atoms with Gasteiger partial charge in [0.1, 0.15) is 5.82 Å². The standard InChI is InChI=1S/C7H12BrN5/c1-3(2)4(8)5-11-6(9)13-7(10)12-5/h3-4H,1-2H3,(H4,9,10,11,12,13). The van der Waals surface area contributed by atoms with Crippen LogP contribution in [0.4, 0.5) is 11.9 Å². The van der Waals surface area contributed by atoms with Gasteiger partial charge < -0.3 is 11.5 Å². The summed E-state index contributed by atoms with van der Waals surface area (Å²) in [5, 5.41) is 0. The van der Waals surface area contributed by atoms with Crippen LogP contribution in [0.15, 0.2) is 0 Å². The Morgan fingerprint density at radius 1 is 1.08 bits per heavy atom. The summed E-state index contributed by atoms with van der Waals surface area (Å²) < 4.78 is 0. The van der Waals surface area contributed by atoms with Crippen LogP contribution in [0.25, 0.3) is 0 Å². The van der Waals surface area contributed by atoms with Crippen molar-refractivity contribution in [1.82, 2.24) is 15.0 Å². The van der Waals surface area contributed by atoms with E-state index < -0.39 is 0 Å². The fraction of sp³-hybridized carbons (Fsp3) is 0.571. The predicted molar refractivity (Wildman–Crippen MR) is 55.2 cm³/mol. The van der Waals surface area contributed by atoms with Crippen LogP contribution in [0, 0.1) is 5.92 Å². The van der Waals surface area contributed by atoms with E-state index in [0.29, 0.717) is 11.7 Å². The minimum Gasteiger partial charge on any atom is -0.368 e. The van der Waals surface area contributed by atoms with E-state index in [-0.39, 0.29) is 16.7 Å². The number of nitrogen functional groups attached to an aromatic ring is 2. The summed E-state index contributed by atoms with van der Waals surface area (Å²) in [5.41, 5.74) is 10.9. The average molecular weight is 246 g/mol. The van der Waals surface area contributed by atoms with Crippen molar-refractivity contribution < 1.29 is 0 Å². The van der Waals surface area contributed by atoms with Crippen LogP contribution in [0.5, 0.6) is 0 Å². The third-order valence-electron chi connectivity index (χ3n) is 1.52. The molecule has 13 heavy (non-hydrogen) atoms. The van der Waals surface area contributed by atoms with Crippen LogP contribution in [-0.2, 0) is 0 Å². The fourth-order valence-corrected chi connectivity index (χ4v) is 1.05. The van der Waals surface area contributed by atoms with E-state index in [4.69, 9.17) is 11.5 Å². The highest BCUT2D eigenvalue weighted by Gasteiger charge is 2.16. The molecule has 72 valence electrons. The number of rotatable bonds is 2. The summed E-state index contributed by atoms with van der Waals surface area (Å²) in [7, 11) is 0. The first-order chi connectivity index (χ1) is 6.00. The molecule has 0 saturated heterocycles. The highest BCUT2D eigenvalue weighted by atomic mass is 79.9. The summed E-state index contributed by atoms with van der Waals surface area (Å²) in [6, 6.07) is 0. The van der Waals surface area contributed by atoms with Crippen molar-refractivity contribution in [3.05, 3.63) is 5.82 Å². The lowest BCUT2D eigenvalue weighted by Gasteiger charge is -2.11. The van der Waals surface area contributed by atoms with Crippen molar-refractivity contribution in [2.75, 3.05) is 11.5 Å². The highest BCUT2D eigenvalue weighted by Crippen LogP contribution is 2.28. The van der Waals surface area contributed by atoms with E-state index in [9.17, 15) is 0 Å². The Hall–Kier alpha value is -0.910. The van der Waals surface area contributed by atoms with Gasteiger partial charge in [0.2, 0.25) is 11.9 Å². The molecule has 0 bridgehead atoms. The van der Waals surface area contributed by atoms with Crippen LogP contribution in [0.2, 0.25) is 0 Å². The van der Waals surface area contributed by atoms with Crippen LogP contribution < -0.4 is 11.5 Å². The predicted octanol–water partition coefficient (Wildman–Crippen LogP) is 1.13. The molecule has 1 aromatic rings. The molecule has 1 aromatic heterocycles. The van der Waals surface area contributed by atoms with Gasteiger partial charge in [0.05, 0.1) is 4.83 Å². The third kappa shape index (κ3) is 2.51. The second-order valence-electron chi connectivity index (χ2n) is 3.06. The second kappa shape index (κ2) is 3.87. The van der Waals surface area contributed by atoms with Gasteiger partial charge in [0.15, 0.2) is 0 Å². The minimum absolute atomic E-state index is 0.0556. The lowest BCUT2D eigenvalue weighted by atomic mass is 10.1. The van der Waals surface area contributed by atoms with Gasteiger partial charge in [-0.1, -0.05) is 29.8 Å². The Labute approximate surface area is 85.1 Å². The number of nitrogens with zero attached hydrogens (tertiary/aromatic N) is 3. The summed E-state index contributed by atoms with van der Waals surface area (Å²) >= 11 is 3.45. The fourth-order valence-electron chi connectivity index (χ4n) is 0.849. The third-order valence-corrected chi connectivity index (χ3v) is 2.99. The summed E-state index contributed by atoms with van der Waals surface area (Å²) in [6.45, 7) is 4.10. The molecule has 1 rings (SSSR count). The molecule has 0 fully saturated rings. The largest absolute Gasteiger partial charge is 0.368 e. The molecule has 0 aromatic carbocycles. The zero-order valence-corrected chi connectivity index (χ0v) is 9.12. The minimum atomic E-state index is 0.0556. The molecular weight excluding hydrogens is 234 g/mol. The average Bonchev–Trinajstić information content (AvgIpc) is 2.01. The Bertz CT molecular complexity index is 281. The molecule has 1 atom stereocenters. The van der Waals surface area contributed by atoms with Crippen molar-refractivity contribution in [3.8, 4) is 0 Å². The van der Waals surface area contributed by atoms with Crippen molar-refractivity contribution in [2.24, 2.45) is 5.92 Å². The van der Waals surface area contributed by atoms with E-state index in [0.717, 1.165) is 0 Å². The SMILES string of the molecule is CC(C)C(Br)c1nc(N)nc(N)n1. The normalized spacial score (nSPS) is 13.2. The maximum Gasteiger partial charge on any atom is 0.225 e. The van der Waals surface area contributed by atoms with Crippen molar-refractivity contribution in [2.45, 2.75) is 18.7 Å². The zero-order chi connectivity index (χ0) is 10.0. The summed E-state index contributed by atoms with van der Waals surface area (Å²) in [5.74, 6) is 1.28. The maximum absolute atomic E-state index is 5.43.